The number of anilines is 1. The van der Waals surface area contributed by atoms with Gasteiger partial charge in [-0.1, -0.05) is 12.5 Å². The second-order valence-electron chi connectivity index (χ2n) is 4.61. The van der Waals surface area contributed by atoms with Crippen molar-refractivity contribution in [1.82, 2.24) is 4.90 Å². The molecule has 0 bridgehead atoms. The average molecular weight is 233 g/mol. The minimum Gasteiger partial charge on any atom is -0.398 e. The molecule has 0 spiro atoms. The van der Waals surface area contributed by atoms with Crippen molar-refractivity contribution in [1.29, 1.82) is 0 Å². The van der Waals surface area contributed by atoms with Gasteiger partial charge in [0.1, 0.15) is 0 Å². The third kappa shape index (κ3) is 2.97. The summed E-state index contributed by atoms with van der Waals surface area (Å²) in [5.74, 6) is -0.429. The normalized spacial score (nSPS) is 16.9. The molecule has 1 aromatic carbocycles. The summed E-state index contributed by atoms with van der Waals surface area (Å²) in [6, 6.07) is 5.32. The van der Waals surface area contributed by atoms with Gasteiger partial charge in [0.05, 0.1) is 0 Å². The molecule has 17 heavy (non-hydrogen) atoms. The van der Waals surface area contributed by atoms with Crippen LogP contribution in [0.25, 0.3) is 0 Å². The Labute approximate surface area is 102 Å². The largest absolute Gasteiger partial charge is 0.398 e. The predicted octanol–water partition coefficient (Wildman–Crippen LogP) is 1.35. The zero-order valence-electron chi connectivity index (χ0n) is 9.98. The first-order valence-corrected chi connectivity index (χ1v) is 6.07. The van der Waals surface area contributed by atoms with Crippen molar-refractivity contribution in [3.63, 3.8) is 0 Å². The number of piperidine rings is 1. The van der Waals surface area contributed by atoms with Crippen LogP contribution in [0.1, 0.15) is 35.2 Å². The van der Waals surface area contributed by atoms with Crippen molar-refractivity contribution in [3.05, 3.63) is 29.3 Å². The maximum Gasteiger partial charge on any atom is 0.248 e. The molecule has 4 nitrogen and oxygen atoms in total. The molecule has 4 N–H and O–H groups in total. The first-order chi connectivity index (χ1) is 8.16. The topological polar surface area (TPSA) is 72.4 Å². The molecule has 1 aliphatic heterocycles. The predicted molar refractivity (Wildman–Crippen MR) is 68.5 cm³/mol. The number of benzene rings is 1. The Bertz CT molecular complexity index is 411. The number of nitrogens with zero attached hydrogens (tertiary/aromatic N) is 1. The summed E-state index contributed by atoms with van der Waals surface area (Å²) in [6.07, 6.45) is 3.85. The van der Waals surface area contributed by atoms with Crippen molar-refractivity contribution in [2.45, 2.75) is 25.8 Å². The van der Waals surface area contributed by atoms with Gasteiger partial charge in [0.15, 0.2) is 0 Å². The Hall–Kier alpha value is -1.55. The summed E-state index contributed by atoms with van der Waals surface area (Å²) < 4.78 is 0. The Kier molecular flexibility index (Phi) is 3.64. The molecular formula is C13H19N3O. The number of carbonyl (C=O) groups excluding carboxylic acids is 1. The number of likely N-dealkylation sites (tertiary alicyclic amines) is 1. The fourth-order valence-corrected chi connectivity index (χ4v) is 2.25. The number of amides is 1. The van der Waals surface area contributed by atoms with Gasteiger partial charge in [0.25, 0.3) is 0 Å². The highest BCUT2D eigenvalue weighted by Crippen LogP contribution is 2.18. The molecule has 1 aliphatic rings. The molecule has 1 fully saturated rings. The van der Waals surface area contributed by atoms with Gasteiger partial charge in [0.2, 0.25) is 5.91 Å². The van der Waals surface area contributed by atoms with Gasteiger partial charge >= 0.3 is 0 Å². The van der Waals surface area contributed by atoms with Gasteiger partial charge < -0.3 is 11.5 Å². The molecular weight excluding hydrogens is 214 g/mol. The van der Waals surface area contributed by atoms with Crippen molar-refractivity contribution in [2.75, 3.05) is 18.8 Å². The van der Waals surface area contributed by atoms with Crippen LogP contribution in [-0.4, -0.2) is 23.9 Å². The van der Waals surface area contributed by atoms with Crippen LogP contribution in [0.15, 0.2) is 18.2 Å². The third-order valence-corrected chi connectivity index (χ3v) is 3.27. The summed E-state index contributed by atoms with van der Waals surface area (Å²) in [4.78, 5) is 13.4. The summed E-state index contributed by atoms with van der Waals surface area (Å²) in [5.41, 5.74) is 13.4. The number of nitrogen functional groups attached to an aromatic ring is 1. The van der Waals surface area contributed by atoms with Crippen molar-refractivity contribution < 1.29 is 4.79 Å². The van der Waals surface area contributed by atoms with Gasteiger partial charge in [-0.15, -0.1) is 0 Å². The minimum absolute atomic E-state index is 0.429. The Balaban J connectivity index is 2.08. The highest BCUT2D eigenvalue weighted by atomic mass is 16.1. The number of hydrogen-bond acceptors (Lipinski definition) is 3. The second kappa shape index (κ2) is 5.19. The minimum atomic E-state index is -0.429. The summed E-state index contributed by atoms with van der Waals surface area (Å²) in [5, 5.41) is 0. The molecule has 0 aliphatic carbocycles. The van der Waals surface area contributed by atoms with Crippen molar-refractivity contribution >= 4 is 11.6 Å². The summed E-state index contributed by atoms with van der Waals surface area (Å²) in [6.45, 7) is 3.14. The molecule has 1 heterocycles. The monoisotopic (exact) mass is 233 g/mol. The smallest absolute Gasteiger partial charge is 0.248 e. The molecule has 0 atom stereocenters. The molecule has 0 aromatic heterocycles. The second-order valence-corrected chi connectivity index (χ2v) is 4.61. The van der Waals surface area contributed by atoms with E-state index in [1.807, 2.05) is 6.07 Å². The maximum atomic E-state index is 11.0. The quantitative estimate of drug-likeness (QED) is 0.774. The van der Waals surface area contributed by atoms with Crippen LogP contribution < -0.4 is 11.5 Å². The fraction of sp³-hybridized carbons (Fsp3) is 0.462. The molecule has 92 valence electrons. The molecule has 1 amide bonds. The molecule has 0 unspecified atom stereocenters. The van der Waals surface area contributed by atoms with Crippen LogP contribution in [0.2, 0.25) is 0 Å². The number of primary amides is 1. The molecule has 1 aromatic rings. The SMILES string of the molecule is NC(=O)c1ccc(CN2CCCCC2)c(N)c1. The zero-order valence-corrected chi connectivity index (χ0v) is 9.98. The van der Waals surface area contributed by atoms with E-state index in [0.717, 1.165) is 25.2 Å². The van der Waals surface area contributed by atoms with E-state index in [4.69, 9.17) is 11.5 Å². The van der Waals surface area contributed by atoms with Gasteiger partial charge in [0, 0.05) is 17.8 Å². The number of rotatable bonds is 3. The van der Waals surface area contributed by atoms with E-state index in [1.165, 1.54) is 19.3 Å². The van der Waals surface area contributed by atoms with Crippen LogP contribution >= 0.6 is 0 Å². The van der Waals surface area contributed by atoms with E-state index in [2.05, 4.69) is 4.90 Å². The lowest BCUT2D eigenvalue weighted by Gasteiger charge is -2.26. The van der Waals surface area contributed by atoms with E-state index in [1.54, 1.807) is 12.1 Å². The third-order valence-electron chi connectivity index (χ3n) is 3.27. The lowest BCUT2D eigenvalue weighted by atomic mass is 10.1. The Morgan fingerprint density at radius 1 is 1.24 bits per heavy atom. The zero-order chi connectivity index (χ0) is 12.3. The highest BCUT2D eigenvalue weighted by Gasteiger charge is 2.12. The van der Waals surface area contributed by atoms with E-state index in [-0.39, 0.29) is 0 Å². The van der Waals surface area contributed by atoms with Crippen molar-refractivity contribution in [3.8, 4) is 0 Å². The first-order valence-electron chi connectivity index (χ1n) is 6.07. The van der Waals surface area contributed by atoms with Crippen LogP contribution in [0, 0.1) is 0 Å². The van der Waals surface area contributed by atoms with E-state index >= 15 is 0 Å². The van der Waals surface area contributed by atoms with E-state index < -0.39 is 5.91 Å². The Morgan fingerprint density at radius 3 is 2.53 bits per heavy atom. The van der Waals surface area contributed by atoms with Gasteiger partial charge in [-0.3, -0.25) is 9.69 Å². The molecule has 4 heteroatoms. The molecule has 0 saturated carbocycles. The van der Waals surface area contributed by atoms with Gasteiger partial charge in [-0.2, -0.15) is 0 Å². The van der Waals surface area contributed by atoms with E-state index in [9.17, 15) is 4.79 Å². The van der Waals surface area contributed by atoms with E-state index in [0.29, 0.717) is 11.3 Å². The number of hydrogen-bond donors (Lipinski definition) is 2. The highest BCUT2D eigenvalue weighted by molar-refractivity contribution is 5.93. The fourth-order valence-electron chi connectivity index (χ4n) is 2.25. The van der Waals surface area contributed by atoms with Gasteiger partial charge in [-0.05, 0) is 43.6 Å². The molecule has 2 rings (SSSR count). The Morgan fingerprint density at radius 2 is 1.94 bits per heavy atom. The molecule has 0 radical (unpaired) electrons. The van der Waals surface area contributed by atoms with Crippen LogP contribution in [0.5, 0.6) is 0 Å². The van der Waals surface area contributed by atoms with Crippen LogP contribution in [0.3, 0.4) is 0 Å². The van der Waals surface area contributed by atoms with Crippen molar-refractivity contribution in [2.24, 2.45) is 5.73 Å². The lowest BCUT2D eigenvalue weighted by molar-refractivity contribution is 0.100. The number of carbonyl (C=O) groups is 1. The lowest BCUT2D eigenvalue weighted by Crippen LogP contribution is -2.29. The first kappa shape index (κ1) is 11.9. The molecule has 1 saturated heterocycles. The average Bonchev–Trinajstić information content (AvgIpc) is 2.33. The summed E-state index contributed by atoms with van der Waals surface area (Å²) in [7, 11) is 0. The van der Waals surface area contributed by atoms with Gasteiger partial charge in [-0.25, -0.2) is 0 Å². The summed E-state index contributed by atoms with van der Waals surface area (Å²) >= 11 is 0. The standard InChI is InChI=1S/C13H19N3O/c14-12-8-10(13(15)17)4-5-11(12)9-16-6-2-1-3-7-16/h4-5,8H,1-3,6-7,9,14H2,(H2,15,17). The van der Waals surface area contributed by atoms with Crippen LogP contribution in [-0.2, 0) is 6.54 Å². The van der Waals surface area contributed by atoms with Crippen LogP contribution in [0.4, 0.5) is 5.69 Å². The number of nitrogens with two attached hydrogens (primary N) is 2. The maximum absolute atomic E-state index is 11.0.